The van der Waals surface area contributed by atoms with E-state index >= 15 is 0 Å². The Labute approximate surface area is 56.1 Å². The fourth-order valence-corrected chi connectivity index (χ4v) is 0.750. The Balaban J connectivity index is 3.08. The van der Waals surface area contributed by atoms with Gasteiger partial charge in [0, 0.05) is 0 Å². The van der Waals surface area contributed by atoms with Gasteiger partial charge in [0.1, 0.15) is 10.4 Å². The van der Waals surface area contributed by atoms with E-state index in [1.54, 1.807) is 6.07 Å². The summed E-state index contributed by atoms with van der Waals surface area (Å²) in [6, 6.07) is 1.67. The molecule has 3 heteroatoms. The molecule has 0 aliphatic heterocycles. The van der Waals surface area contributed by atoms with Crippen LogP contribution in [0.2, 0.25) is 0 Å². The van der Waals surface area contributed by atoms with Gasteiger partial charge in [-0.15, -0.1) is 0 Å². The van der Waals surface area contributed by atoms with E-state index in [0.717, 1.165) is 10.4 Å². The summed E-state index contributed by atoms with van der Waals surface area (Å²) in [6.45, 7) is 1.82. The number of halogens is 1. The highest BCUT2D eigenvalue weighted by Gasteiger charge is 1.86. The minimum Gasteiger partial charge on any atom is -0.231 e. The molecule has 8 heavy (non-hydrogen) atoms. The van der Waals surface area contributed by atoms with Gasteiger partial charge in [-0.2, -0.15) is 0 Å². The topological polar surface area (TPSA) is 25.8 Å². The first-order valence-corrected chi connectivity index (χ1v) is 2.95. The molecule has 1 radical (unpaired) electrons. The highest BCUT2D eigenvalue weighted by molar-refractivity contribution is 9.10. The van der Waals surface area contributed by atoms with Crippen molar-refractivity contribution >= 4 is 15.9 Å². The molecule has 0 aliphatic carbocycles. The van der Waals surface area contributed by atoms with Crippen LogP contribution in [0.3, 0.4) is 0 Å². The van der Waals surface area contributed by atoms with Gasteiger partial charge in [-0.3, -0.25) is 0 Å². The van der Waals surface area contributed by atoms with E-state index in [-0.39, 0.29) is 0 Å². The summed E-state index contributed by atoms with van der Waals surface area (Å²) in [5, 5.41) is 0. The van der Waals surface area contributed by atoms with Gasteiger partial charge in [-0.05, 0) is 28.9 Å². The second kappa shape index (κ2) is 2.22. The van der Waals surface area contributed by atoms with Crippen LogP contribution in [0.25, 0.3) is 0 Å². The van der Waals surface area contributed by atoms with E-state index < -0.39 is 0 Å². The van der Waals surface area contributed by atoms with Crippen LogP contribution in [0.15, 0.2) is 10.7 Å². The monoisotopic (exact) mass is 171 g/mol. The van der Waals surface area contributed by atoms with Gasteiger partial charge in [0.25, 0.3) is 0 Å². The van der Waals surface area contributed by atoms with Crippen LogP contribution in [0.5, 0.6) is 0 Å². The smallest absolute Gasteiger partial charge is 0.127 e. The molecule has 0 amide bonds. The zero-order valence-electron chi connectivity index (χ0n) is 4.35. The van der Waals surface area contributed by atoms with E-state index in [1.165, 1.54) is 0 Å². The highest BCUT2D eigenvalue weighted by Crippen LogP contribution is 2.01. The lowest BCUT2D eigenvalue weighted by Crippen LogP contribution is -1.84. The fraction of sp³-hybridized carbons (Fsp3) is 0.200. The maximum Gasteiger partial charge on any atom is 0.127 e. The molecule has 0 aromatic carbocycles. The quantitative estimate of drug-likeness (QED) is 0.552. The molecule has 1 aromatic rings. The summed E-state index contributed by atoms with van der Waals surface area (Å²) in [5.74, 6) is 0.736. The van der Waals surface area contributed by atoms with E-state index in [0.29, 0.717) is 0 Å². The third kappa shape index (κ3) is 1.26. The molecule has 1 heterocycles. The Morgan fingerprint density at radius 1 is 1.75 bits per heavy atom. The summed E-state index contributed by atoms with van der Waals surface area (Å²) in [5.41, 5.74) is 0. The number of rotatable bonds is 0. The minimum absolute atomic E-state index is 0.736. The van der Waals surface area contributed by atoms with Crippen LogP contribution in [0.4, 0.5) is 0 Å². The van der Waals surface area contributed by atoms with Gasteiger partial charge < -0.3 is 0 Å². The first-order valence-electron chi connectivity index (χ1n) is 2.16. The summed E-state index contributed by atoms with van der Waals surface area (Å²) in [7, 11) is 0. The molecule has 0 N–H and O–H groups in total. The summed E-state index contributed by atoms with van der Waals surface area (Å²) >= 11 is 3.18. The highest BCUT2D eigenvalue weighted by atomic mass is 79.9. The Morgan fingerprint density at radius 3 is 2.88 bits per heavy atom. The molecule has 2 nitrogen and oxygen atoms in total. The average molecular weight is 172 g/mol. The van der Waals surface area contributed by atoms with Gasteiger partial charge >= 0.3 is 0 Å². The molecular weight excluding hydrogens is 168 g/mol. The predicted octanol–water partition coefficient (Wildman–Crippen LogP) is 1.35. The predicted molar refractivity (Wildman–Crippen MR) is 33.3 cm³/mol. The van der Waals surface area contributed by atoms with E-state index in [4.69, 9.17) is 0 Å². The van der Waals surface area contributed by atoms with Gasteiger partial charge in [0.15, 0.2) is 0 Å². The van der Waals surface area contributed by atoms with Crippen LogP contribution in [0, 0.1) is 13.1 Å². The number of hydrogen-bond acceptors (Lipinski definition) is 2. The van der Waals surface area contributed by atoms with Crippen molar-refractivity contribution < 1.29 is 0 Å². The van der Waals surface area contributed by atoms with Crippen molar-refractivity contribution in [2.75, 3.05) is 0 Å². The lowest BCUT2D eigenvalue weighted by atomic mass is 10.6. The maximum absolute atomic E-state index is 3.95. The minimum atomic E-state index is 0.736. The van der Waals surface area contributed by atoms with Gasteiger partial charge in [-0.25, -0.2) is 9.97 Å². The first kappa shape index (κ1) is 5.69. The molecule has 0 unspecified atom stereocenters. The van der Waals surface area contributed by atoms with Crippen molar-refractivity contribution in [1.82, 2.24) is 9.97 Å². The van der Waals surface area contributed by atoms with Crippen molar-refractivity contribution in [3.63, 3.8) is 0 Å². The third-order valence-electron chi connectivity index (χ3n) is 0.679. The van der Waals surface area contributed by atoms with E-state index in [2.05, 4.69) is 32.1 Å². The number of hydrogen-bond donors (Lipinski definition) is 0. The fourth-order valence-electron chi connectivity index (χ4n) is 0.391. The van der Waals surface area contributed by atoms with Crippen molar-refractivity contribution in [2.24, 2.45) is 0 Å². The lowest BCUT2D eigenvalue weighted by molar-refractivity contribution is 1.03. The van der Waals surface area contributed by atoms with Gasteiger partial charge in [0.2, 0.25) is 0 Å². The van der Waals surface area contributed by atoms with Crippen LogP contribution in [0.1, 0.15) is 5.82 Å². The molecule has 0 spiro atoms. The molecule has 1 rings (SSSR count). The first-order chi connectivity index (χ1) is 3.79. The Kier molecular flexibility index (Phi) is 1.58. The molecular formula is C5H4BrN2. The number of aryl methyl sites for hydroxylation is 1. The maximum atomic E-state index is 3.95. The molecule has 0 aliphatic rings. The zero-order chi connectivity index (χ0) is 5.98. The number of nitrogens with zero attached hydrogens (tertiary/aromatic N) is 2. The zero-order valence-corrected chi connectivity index (χ0v) is 5.94. The molecule has 1 aromatic heterocycles. The summed E-state index contributed by atoms with van der Waals surface area (Å²) < 4.78 is 0.782. The standard InChI is InChI=1S/C5H4BrN2/c1-4-7-3-2-5(6)8-4/h2H,1H3. The Morgan fingerprint density at radius 2 is 2.50 bits per heavy atom. The van der Waals surface area contributed by atoms with Gasteiger partial charge in [-0.1, -0.05) is 0 Å². The second-order valence-electron chi connectivity index (χ2n) is 1.37. The van der Waals surface area contributed by atoms with Crippen LogP contribution in [-0.2, 0) is 0 Å². The molecule has 41 valence electrons. The van der Waals surface area contributed by atoms with E-state index in [9.17, 15) is 0 Å². The van der Waals surface area contributed by atoms with Gasteiger partial charge in [0.05, 0.1) is 6.20 Å². The SMILES string of the molecule is Cc1n[c]cc(Br)n1. The molecule has 0 atom stereocenters. The van der Waals surface area contributed by atoms with Crippen molar-refractivity contribution in [3.05, 3.63) is 22.7 Å². The number of aromatic nitrogens is 2. The Hall–Kier alpha value is -0.440. The summed E-state index contributed by atoms with van der Waals surface area (Å²) in [4.78, 5) is 7.72. The average Bonchev–Trinajstić information content (AvgIpc) is 1.64. The van der Waals surface area contributed by atoms with E-state index in [1.807, 2.05) is 6.92 Å². The molecule has 0 saturated heterocycles. The largest absolute Gasteiger partial charge is 0.231 e. The second-order valence-corrected chi connectivity index (χ2v) is 2.18. The van der Waals surface area contributed by atoms with Crippen LogP contribution < -0.4 is 0 Å². The van der Waals surface area contributed by atoms with Crippen molar-refractivity contribution in [1.29, 1.82) is 0 Å². The van der Waals surface area contributed by atoms with Crippen LogP contribution >= 0.6 is 15.9 Å². The molecule has 0 bridgehead atoms. The van der Waals surface area contributed by atoms with Crippen molar-refractivity contribution in [3.8, 4) is 0 Å². The third-order valence-corrected chi connectivity index (χ3v) is 1.08. The molecule has 0 saturated carbocycles. The lowest BCUT2D eigenvalue weighted by Gasteiger charge is -1.86. The summed E-state index contributed by atoms with van der Waals surface area (Å²) in [6.07, 6.45) is 2.67. The normalized spacial score (nSPS) is 9.25. The van der Waals surface area contributed by atoms with Crippen LogP contribution in [-0.4, -0.2) is 9.97 Å². The molecule has 0 fully saturated rings. The van der Waals surface area contributed by atoms with Crippen molar-refractivity contribution in [2.45, 2.75) is 6.92 Å². The Bertz CT molecular complexity index is 170.